The van der Waals surface area contributed by atoms with Crippen LogP contribution in [0.25, 0.3) is 22.2 Å². The molecular formula is C34H41ClN12O4. The van der Waals surface area contributed by atoms with E-state index < -0.39 is 11.5 Å². The summed E-state index contributed by atoms with van der Waals surface area (Å²) in [6.07, 6.45) is 5.04. The largest absolute Gasteiger partial charge is 0.390 e. The molecule has 4 aromatic heterocycles. The number of halogens is 1. The minimum Gasteiger partial charge on any atom is -0.390 e. The van der Waals surface area contributed by atoms with Crippen LogP contribution >= 0.6 is 11.6 Å². The maximum Gasteiger partial charge on any atom is 0.331 e. The topological polar surface area (TPSA) is 190 Å². The molecule has 0 aliphatic carbocycles. The normalized spacial score (nSPS) is 19.9. The fraction of sp³-hybridized carbons (Fsp3) is 0.471. The third-order valence-electron chi connectivity index (χ3n) is 9.74. The first kappa shape index (κ1) is 34.4. The van der Waals surface area contributed by atoms with Crippen molar-refractivity contribution in [2.75, 3.05) is 28.6 Å². The molecule has 1 aromatic carbocycles. The quantitative estimate of drug-likeness (QED) is 0.163. The van der Waals surface area contributed by atoms with Crippen molar-refractivity contribution in [3.05, 3.63) is 51.8 Å². The van der Waals surface area contributed by atoms with Crippen LogP contribution in [0.4, 0.5) is 23.3 Å². The second-order valence-electron chi connectivity index (χ2n) is 14.2. The Morgan fingerprint density at radius 2 is 1.88 bits per heavy atom. The first-order valence-electron chi connectivity index (χ1n) is 17.0. The standard InChI is InChI=1S/C34H41ClN12O4/c1-18-17-46(12-10-23(18)38-19-6-7-20-24(14-19)45(5)43-27(20)21-8-9-26(48)41-31(21)49)32-37-15-22(35)28(42-32)39-25-16-36-29-30(40-25)47(33(50)44(29)4)13-11-34(2,3)51/h6-7,14-16,18,21,23,38,51H,8-13,17H2,1-5H3,(H,41,48,49)(H,37,39,40,42)/t18-,21?,23+/m1/s1. The van der Waals surface area contributed by atoms with Gasteiger partial charge in [-0.05, 0) is 57.2 Å². The molecule has 1 unspecified atom stereocenters. The maximum atomic E-state index is 12.9. The van der Waals surface area contributed by atoms with Gasteiger partial charge in [-0.2, -0.15) is 10.1 Å². The molecule has 3 atom stereocenters. The van der Waals surface area contributed by atoms with Crippen molar-refractivity contribution in [1.82, 2.24) is 44.2 Å². The smallest absolute Gasteiger partial charge is 0.331 e. The van der Waals surface area contributed by atoms with Crippen LogP contribution in [0.2, 0.25) is 5.02 Å². The first-order chi connectivity index (χ1) is 24.3. The van der Waals surface area contributed by atoms with E-state index in [0.29, 0.717) is 71.9 Å². The van der Waals surface area contributed by atoms with Crippen molar-refractivity contribution in [2.45, 2.75) is 70.6 Å². The summed E-state index contributed by atoms with van der Waals surface area (Å²) < 4.78 is 4.73. The van der Waals surface area contributed by atoms with Crippen LogP contribution < -0.4 is 26.5 Å². The van der Waals surface area contributed by atoms with E-state index in [2.05, 4.69) is 53.9 Å². The Labute approximate surface area is 298 Å². The SMILES string of the molecule is C[C@@H]1CN(c2ncc(Cl)c(Nc3cnc4c(n3)n(CCC(C)(C)O)c(=O)n4C)n2)CC[C@@H]1Nc1ccc2c(C3CCC(=O)NC3=O)nn(C)c2c1. The zero-order chi connectivity index (χ0) is 36.2. The van der Waals surface area contributed by atoms with E-state index in [1.807, 2.05) is 19.2 Å². The molecule has 7 rings (SSSR count). The van der Waals surface area contributed by atoms with Crippen molar-refractivity contribution in [2.24, 2.45) is 20.0 Å². The number of benzene rings is 1. The van der Waals surface area contributed by atoms with Crippen LogP contribution in [-0.2, 0) is 30.2 Å². The lowest BCUT2D eigenvalue weighted by atomic mass is 9.92. The molecule has 17 heteroatoms. The molecule has 2 amide bonds. The van der Waals surface area contributed by atoms with Crippen LogP contribution in [-0.4, -0.2) is 80.5 Å². The molecule has 2 aliphatic heterocycles. The molecule has 0 spiro atoms. The first-order valence-corrected chi connectivity index (χ1v) is 17.4. The molecule has 0 saturated carbocycles. The van der Waals surface area contributed by atoms with E-state index in [1.54, 1.807) is 31.8 Å². The van der Waals surface area contributed by atoms with E-state index in [4.69, 9.17) is 16.6 Å². The zero-order valence-electron chi connectivity index (χ0n) is 29.1. The van der Waals surface area contributed by atoms with Gasteiger partial charge in [-0.15, -0.1) is 0 Å². The monoisotopic (exact) mass is 716 g/mol. The number of hydrogen-bond acceptors (Lipinski definition) is 12. The molecule has 0 bridgehead atoms. The van der Waals surface area contributed by atoms with Gasteiger partial charge in [-0.1, -0.05) is 18.5 Å². The van der Waals surface area contributed by atoms with E-state index in [-0.39, 0.29) is 36.0 Å². The number of amides is 2. The highest BCUT2D eigenvalue weighted by Crippen LogP contribution is 2.33. The number of rotatable bonds is 9. The van der Waals surface area contributed by atoms with Gasteiger partial charge >= 0.3 is 5.69 Å². The Hall–Kier alpha value is -5.09. The number of aromatic nitrogens is 8. The Bertz CT molecular complexity index is 2220. The number of nitrogens with zero attached hydrogens (tertiary/aromatic N) is 9. The number of aryl methyl sites for hydroxylation is 3. The van der Waals surface area contributed by atoms with Crippen LogP contribution in [0.15, 0.2) is 35.4 Å². The number of nitrogens with one attached hydrogen (secondary N) is 3. The van der Waals surface area contributed by atoms with Crippen LogP contribution in [0.5, 0.6) is 0 Å². The molecule has 2 fully saturated rings. The Morgan fingerprint density at radius 3 is 2.63 bits per heavy atom. The van der Waals surface area contributed by atoms with Crippen LogP contribution in [0.3, 0.4) is 0 Å². The summed E-state index contributed by atoms with van der Waals surface area (Å²) in [6, 6.07) is 6.25. The van der Waals surface area contributed by atoms with Gasteiger partial charge in [0.1, 0.15) is 5.02 Å². The van der Waals surface area contributed by atoms with Crippen LogP contribution in [0, 0.1) is 5.92 Å². The number of anilines is 4. The van der Waals surface area contributed by atoms with Gasteiger partial charge in [-0.3, -0.25) is 28.7 Å². The fourth-order valence-electron chi connectivity index (χ4n) is 6.86. The molecular weight excluding hydrogens is 676 g/mol. The van der Waals surface area contributed by atoms with Crippen molar-refractivity contribution < 1.29 is 14.7 Å². The lowest BCUT2D eigenvalue weighted by Crippen LogP contribution is -2.46. The van der Waals surface area contributed by atoms with Crippen molar-refractivity contribution in [1.29, 1.82) is 0 Å². The second-order valence-corrected chi connectivity index (χ2v) is 14.6. The van der Waals surface area contributed by atoms with Gasteiger partial charge in [0.15, 0.2) is 22.9 Å². The number of hydrogen-bond donors (Lipinski definition) is 4. The van der Waals surface area contributed by atoms with Gasteiger partial charge in [0.25, 0.3) is 0 Å². The Kier molecular flexibility index (Phi) is 8.91. The van der Waals surface area contributed by atoms with Gasteiger partial charge < -0.3 is 20.6 Å². The molecule has 6 heterocycles. The number of carbonyl (C=O) groups excluding carboxylic acids is 2. The maximum absolute atomic E-state index is 12.9. The van der Waals surface area contributed by atoms with Gasteiger partial charge in [0.2, 0.25) is 17.8 Å². The molecule has 51 heavy (non-hydrogen) atoms. The highest BCUT2D eigenvalue weighted by molar-refractivity contribution is 6.32. The van der Waals surface area contributed by atoms with Crippen LogP contribution in [0.1, 0.15) is 58.1 Å². The molecule has 5 aromatic rings. The summed E-state index contributed by atoms with van der Waals surface area (Å²) in [5.41, 5.74) is 2.17. The number of fused-ring (bicyclic) bond motifs is 2. The predicted octanol–water partition coefficient (Wildman–Crippen LogP) is 3.21. The summed E-state index contributed by atoms with van der Waals surface area (Å²) in [6.45, 7) is 7.27. The average molecular weight is 717 g/mol. The molecule has 16 nitrogen and oxygen atoms in total. The molecule has 2 aliphatic rings. The van der Waals surface area contributed by atoms with Gasteiger partial charge in [0, 0.05) is 57.3 Å². The minimum absolute atomic E-state index is 0.188. The Balaban J connectivity index is 1.04. The lowest BCUT2D eigenvalue weighted by Gasteiger charge is -2.37. The number of aliphatic hydroxyl groups is 1. The van der Waals surface area contributed by atoms with E-state index in [9.17, 15) is 19.5 Å². The van der Waals surface area contributed by atoms with Crippen molar-refractivity contribution in [3.63, 3.8) is 0 Å². The molecule has 2 saturated heterocycles. The number of carbonyl (C=O) groups is 2. The second kappa shape index (κ2) is 13.2. The van der Waals surface area contributed by atoms with E-state index in [1.165, 1.54) is 15.3 Å². The van der Waals surface area contributed by atoms with E-state index in [0.717, 1.165) is 23.0 Å². The van der Waals surface area contributed by atoms with Crippen molar-refractivity contribution in [3.8, 4) is 0 Å². The highest BCUT2D eigenvalue weighted by Gasteiger charge is 2.32. The summed E-state index contributed by atoms with van der Waals surface area (Å²) in [4.78, 5) is 57.6. The third kappa shape index (κ3) is 6.85. The lowest BCUT2D eigenvalue weighted by molar-refractivity contribution is -0.134. The molecule has 4 N–H and O–H groups in total. The number of piperidine rings is 2. The minimum atomic E-state index is -0.947. The average Bonchev–Trinajstić information content (AvgIpc) is 3.52. The van der Waals surface area contributed by atoms with Gasteiger partial charge in [-0.25, -0.2) is 19.7 Å². The Morgan fingerprint density at radius 1 is 1.08 bits per heavy atom. The highest BCUT2D eigenvalue weighted by atomic mass is 35.5. The summed E-state index contributed by atoms with van der Waals surface area (Å²) in [5, 5.41) is 25.4. The molecule has 268 valence electrons. The predicted molar refractivity (Wildman–Crippen MR) is 193 cm³/mol. The summed E-state index contributed by atoms with van der Waals surface area (Å²) in [7, 11) is 3.50. The zero-order valence-corrected chi connectivity index (χ0v) is 29.9. The summed E-state index contributed by atoms with van der Waals surface area (Å²) >= 11 is 6.53. The van der Waals surface area contributed by atoms with E-state index >= 15 is 0 Å². The number of imidazole rings is 1. The summed E-state index contributed by atoms with van der Waals surface area (Å²) in [5.74, 6) is 0.508. The molecule has 0 radical (unpaired) electrons. The number of imide groups is 1. The van der Waals surface area contributed by atoms with Gasteiger partial charge in [0.05, 0.1) is 35.1 Å². The van der Waals surface area contributed by atoms with Crippen molar-refractivity contribution >= 4 is 68.9 Å². The third-order valence-corrected chi connectivity index (χ3v) is 10.0. The fourth-order valence-corrected chi connectivity index (χ4v) is 7.00.